The van der Waals surface area contributed by atoms with Crippen molar-refractivity contribution in [2.75, 3.05) is 26.7 Å². The standard InChI is InChI=1S/C16H27N3O/c1-17-16-8-2-7-14(20)19(16)11-12-5-3-9-18-10-4-6-13(16)15(12)18/h12-13,15,17H,2-11H2,1H3/t12-,13-,15-,16+/m1/s1. The molecule has 0 spiro atoms. The highest BCUT2D eigenvalue weighted by Crippen LogP contribution is 2.49. The van der Waals surface area contributed by atoms with Gasteiger partial charge in [0.2, 0.25) is 5.91 Å². The van der Waals surface area contributed by atoms with Gasteiger partial charge in [-0.25, -0.2) is 0 Å². The summed E-state index contributed by atoms with van der Waals surface area (Å²) in [6.45, 7) is 3.56. The fourth-order valence-corrected chi connectivity index (χ4v) is 5.76. The Hall–Kier alpha value is -0.610. The molecule has 0 aliphatic carbocycles. The highest BCUT2D eigenvalue weighted by Gasteiger charge is 2.58. The summed E-state index contributed by atoms with van der Waals surface area (Å²) in [5.74, 6) is 1.76. The molecule has 0 aromatic carbocycles. The fraction of sp³-hybridized carbons (Fsp3) is 0.938. The van der Waals surface area contributed by atoms with E-state index < -0.39 is 0 Å². The van der Waals surface area contributed by atoms with E-state index in [4.69, 9.17) is 0 Å². The first-order valence-corrected chi connectivity index (χ1v) is 8.50. The minimum Gasteiger partial charge on any atom is -0.324 e. The Morgan fingerprint density at radius 3 is 2.80 bits per heavy atom. The maximum Gasteiger partial charge on any atom is 0.224 e. The molecule has 4 aliphatic rings. The average molecular weight is 277 g/mol. The van der Waals surface area contributed by atoms with E-state index in [1.54, 1.807) is 0 Å². The van der Waals surface area contributed by atoms with Crippen LogP contribution in [0.1, 0.15) is 44.9 Å². The minimum absolute atomic E-state index is 0.0352. The van der Waals surface area contributed by atoms with E-state index in [9.17, 15) is 4.79 Å². The predicted octanol–water partition coefficient (Wildman–Crippen LogP) is 1.42. The summed E-state index contributed by atoms with van der Waals surface area (Å²) >= 11 is 0. The van der Waals surface area contributed by atoms with Crippen molar-refractivity contribution in [2.45, 2.75) is 56.7 Å². The first kappa shape index (κ1) is 13.1. The molecular formula is C16H27N3O. The maximum atomic E-state index is 12.5. The molecule has 4 fully saturated rings. The molecule has 1 amide bonds. The zero-order valence-corrected chi connectivity index (χ0v) is 12.6. The van der Waals surface area contributed by atoms with E-state index in [1.807, 2.05) is 0 Å². The molecule has 4 saturated heterocycles. The van der Waals surface area contributed by atoms with Crippen molar-refractivity contribution in [3.63, 3.8) is 0 Å². The van der Waals surface area contributed by atoms with Crippen LogP contribution in [-0.4, -0.2) is 54.1 Å². The van der Waals surface area contributed by atoms with Gasteiger partial charge in [-0.1, -0.05) is 0 Å². The van der Waals surface area contributed by atoms with Crippen LogP contribution >= 0.6 is 0 Å². The van der Waals surface area contributed by atoms with Gasteiger partial charge in [0.1, 0.15) is 0 Å². The van der Waals surface area contributed by atoms with Crippen LogP contribution in [0.25, 0.3) is 0 Å². The molecule has 0 saturated carbocycles. The largest absolute Gasteiger partial charge is 0.324 e. The van der Waals surface area contributed by atoms with Crippen molar-refractivity contribution in [1.82, 2.24) is 15.1 Å². The smallest absolute Gasteiger partial charge is 0.224 e. The normalized spacial score (nSPS) is 45.0. The lowest BCUT2D eigenvalue weighted by atomic mass is 9.64. The topological polar surface area (TPSA) is 35.6 Å². The van der Waals surface area contributed by atoms with Gasteiger partial charge in [0.15, 0.2) is 0 Å². The SMILES string of the molecule is CN[C@@]12CCCC(=O)N1C[C@H]1CCCN3CCC[C@@H]2[C@@H]13. The van der Waals surface area contributed by atoms with Crippen molar-refractivity contribution in [3.8, 4) is 0 Å². The van der Waals surface area contributed by atoms with E-state index >= 15 is 0 Å². The Morgan fingerprint density at radius 1 is 1.20 bits per heavy atom. The summed E-state index contributed by atoms with van der Waals surface area (Å²) in [5.41, 5.74) is -0.0352. The quantitative estimate of drug-likeness (QED) is 0.787. The van der Waals surface area contributed by atoms with Crippen LogP contribution in [0.15, 0.2) is 0 Å². The second-order valence-electron chi connectivity index (χ2n) is 7.21. The molecule has 20 heavy (non-hydrogen) atoms. The number of hydrogen-bond donors (Lipinski definition) is 1. The molecular weight excluding hydrogens is 250 g/mol. The number of carbonyl (C=O) groups is 1. The van der Waals surface area contributed by atoms with Crippen LogP contribution in [-0.2, 0) is 4.79 Å². The van der Waals surface area contributed by atoms with Gasteiger partial charge in [-0.3, -0.25) is 15.0 Å². The molecule has 4 atom stereocenters. The van der Waals surface area contributed by atoms with Gasteiger partial charge in [0, 0.05) is 24.9 Å². The molecule has 0 aromatic heterocycles. The van der Waals surface area contributed by atoms with Crippen LogP contribution in [0.5, 0.6) is 0 Å². The van der Waals surface area contributed by atoms with Crippen LogP contribution < -0.4 is 5.32 Å². The highest BCUT2D eigenvalue weighted by atomic mass is 16.2. The van der Waals surface area contributed by atoms with Crippen molar-refractivity contribution >= 4 is 5.91 Å². The molecule has 0 aromatic rings. The Balaban J connectivity index is 1.74. The van der Waals surface area contributed by atoms with Gasteiger partial charge in [0.05, 0.1) is 5.66 Å². The summed E-state index contributed by atoms with van der Waals surface area (Å²) in [5, 5.41) is 3.62. The zero-order valence-electron chi connectivity index (χ0n) is 12.6. The third-order valence-electron chi connectivity index (χ3n) is 6.49. The molecule has 0 unspecified atom stereocenters. The van der Waals surface area contributed by atoms with Gasteiger partial charge in [-0.2, -0.15) is 0 Å². The van der Waals surface area contributed by atoms with Crippen molar-refractivity contribution in [3.05, 3.63) is 0 Å². The second kappa shape index (κ2) is 4.70. The van der Waals surface area contributed by atoms with Gasteiger partial charge in [-0.15, -0.1) is 0 Å². The van der Waals surface area contributed by atoms with Gasteiger partial charge >= 0.3 is 0 Å². The molecule has 4 heteroatoms. The van der Waals surface area contributed by atoms with Gasteiger partial charge in [-0.05, 0) is 64.6 Å². The van der Waals surface area contributed by atoms with Crippen LogP contribution in [0.2, 0.25) is 0 Å². The number of amides is 1. The molecule has 4 heterocycles. The summed E-state index contributed by atoms with van der Waals surface area (Å²) in [6, 6.07) is 0.729. The van der Waals surface area contributed by atoms with Crippen molar-refractivity contribution in [1.29, 1.82) is 0 Å². The molecule has 1 N–H and O–H groups in total. The lowest BCUT2D eigenvalue weighted by Gasteiger charge is -2.64. The number of carbonyl (C=O) groups excluding carboxylic acids is 1. The minimum atomic E-state index is -0.0352. The Bertz CT molecular complexity index is 411. The van der Waals surface area contributed by atoms with Crippen molar-refractivity contribution in [2.24, 2.45) is 11.8 Å². The van der Waals surface area contributed by atoms with E-state index in [0.717, 1.165) is 37.8 Å². The van der Waals surface area contributed by atoms with Gasteiger partial charge in [0.25, 0.3) is 0 Å². The van der Waals surface area contributed by atoms with Crippen LogP contribution in [0.4, 0.5) is 0 Å². The molecule has 4 aliphatic heterocycles. The summed E-state index contributed by atoms with van der Waals surface area (Å²) < 4.78 is 0. The summed E-state index contributed by atoms with van der Waals surface area (Å²) in [4.78, 5) is 17.5. The highest BCUT2D eigenvalue weighted by molar-refractivity contribution is 5.78. The number of nitrogens with one attached hydrogen (secondary N) is 1. The van der Waals surface area contributed by atoms with Crippen LogP contribution in [0.3, 0.4) is 0 Å². The first-order chi connectivity index (χ1) is 9.76. The van der Waals surface area contributed by atoms with E-state index in [0.29, 0.717) is 11.8 Å². The third kappa shape index (κ3) is 1.64. The second-order valence-corrected chi connectivity index (χ2v) is 7.21. The number of hydrogen-bond acceptors (Lipinski definition) is 3. The lowest BCUT2D eigenvalue weighted by Crippen LogP contribution is -2.76. The number of piperidine rings is 4. The Morgan fingerprint density at radius 2 is 2.00 bits per heavy atom. The summed E-state index contributed by atoms with van der Waals surface area (Å²) in [6.07, 6.45) is 8.21. The van der Waals surface area contributed by atoms with Crippen LogP contribution in [0, 0.1) is 11.8 Å². The molecule has 4 nitrogen and oxygen atoms in total. The third-order valence-corrected chi connectivity index (χ3v) is 6.49. The number of nitrogens with zero attached hydrogens (tertiary/aromatic N) is 2. The maximum absolute atomic E-state index is 12.5. The number of rotatable bonds is 1. The average Bonchev–Trinajstić information content (AvgIpc) is 2.49. The van der Waals surface area contributed by atoms with E-state index in [1.165, 1.54) is 38.8 Å². The Labute approximate surface area is 121 Å². The molecule has 4 rings (SSSR count). The number of fused-ring (bicyclic) bond motifs is 2. The fourth-order valence-electron chi connectivity index (χ4n) is 5.76. The molecule has 0 bridgehead atoms. The Kier molecular flexibility index (Phi) is 3.08. The molecule has 0 radical (unpaired) electrons. The first-order valence-electron chi connectivity index (χ1n) is 8.50. The monoisotopic (exact) mass is 277 g/mol. The van der Waals surface area contributed by atoms with Crippen molar-refractivity contribution < 1.29 is 4.79 Å². The predicted molar refractivity (Wildman–Crippen MR) is 78.2 cm³/mol. The summed E-state index contributed by atoms with van der Waals surface area (Å²) in [7, 11) is 2.08. The molecule has 112 valence electrons. The lowest BCUT2D eigenvalue weighted by molar-refractivity contribution is -0.175. The van der Waals surface area contributed by atoms with E-state index in [-0.39, 0.29) is 5.66 Å². The van der Waals surface area contributed by atoms with Gasteiger partial charge < -0.3 is 4.90 Å². The van der Waals surface area contributed by atoms with E-state index in [2.05, 4.69) is 22.2 Å². The zero-order chi connectivity index (χ0) is 13.7.